The highest BCUT2D eigenvalue weighted by Crippen LogP contribution is 2.31. The minimum absolute atomic E-state index is 0.108. The van der Waals surface area contributed by atoms with E-state index in [1.54, 1.807) is 24.3 Å². The van der Waals surface area contributed by atoms with Gasteiger partial charge < -0.3 is 18.8 Å². The van der Waals surface area contributed by atoms with Crippen molar-refractivity contribution < 1.29 is 27.4 Å². The lowest BCUT2D eigenvalue weighted by Crippen LogP contribution is -2.25. The van der Waals surface area contributed by atoms with E-state index in [2.05, 4.69) is 4.57 Å². The predicted octanol–water partition coefficient (Wildman–Crippen LogP) is 4.09. The Kier molecular flexibility index (Phi) is 6.66. The molecule has 34 heavy (non-hydrogen) atoms. The van der Waals surface area contributed by atoms with Crippen LogP contribution in [0.15, 0.2) is 65.6 Å². The Morgan fingerprint density at radius 2 is 1.79 bits per heavy atom. The molecule has 7 nitrogen and oxygen atoms in total. The second kappa shape index (κ2) is 9.37. The van der Waals surface area contributed by atoms with Gasteiger partial charge in [0, 0.05) is 17.6 Å². The van der Waals surface area contributed by atoms with Crippen molar-refractivity contribution in [3.8, 4) is 16.9 Å². The molecule has 0 spiro atoms. The fraction of sp³-hybridized carbons (Fsp3) is 0.346. The SMILES string of the molecule is Cc1c(CC(=O)OCC2COC(C)(C)O2)cc(-c2ccc(S(C)(=O)=O)cc2)n1-c1ccccc1. The van der Waals surface area contributed by atoms with E-state index in [4.69, 9.17) is 14.2 Å². The van der Waals surface area contributed by atoms with Crippen molar-refractivity contribution in [3.63, 3.8) is 0 Å². The van der Waals surface area contributed by atoms with E-state index in [1.807, 2.05) is 57.2 Å². The van der Waals surface area contributed by atoms with E-state index < -0.39 is 15.6 Å². The number of aromatic nitrogens is 1. The number of para-hydroxylation sites is 1. The van der Waals surface area contributed by atoms with E-state index in [-0.39, 0.29) is 30.0 Å². The van der Waals surface area contributed by atoms with Crippen molar-refractivity contribution in [3.05, 3.63) is 71.9 Å². The van der Waals surface area contributed by atoms with Crippen LogP contribution in [0.25, 0.3) is 16.9 Å². The molecule has 8 heteroatoms. The maximum Gasteiger partial charge on any atom is 0.310 e. The summed E-state index contributed by atoms with van der Waals surface area (Å²) < 4.78 is 42.5. The number of hydrogen-bond acceptors (Lipinski definition) is 6. The third kappa shape index (κ3) is 5.41. The molecule has 1 saturated heterocycles. The van der Waals surface area contributed by atoms with Crippen LogP contribution in [-0.2, 0) is 35.3 Å². The van der Waals surface area contributed by atoms with Crippen LogP contribution in [0.1, 0.15) is 25.1 Å². The topological polar surface area (TPSA) is 83.8 Å². The number of carbonyl (C=O) groups is 1. The zero-order chi connectivity index (χ0) is 24.5. The fourth-order valence-corrected chi connectivity index (χ4v) is 4.70. The minimum atomic E-state index is -3.29. The summed E-state index contributed by atoms with van der Waals surface area (Å²) in [4.78, 5) is 12.9. The summed E-state index contributed by atoms with van der Waals surface area (Å²) in [5.74, 6) is -1.01. The molecule has 3 aromatic rings. The van der Waals surface area contributed by atoms with Gasteiger partial charge in [-0.3, -0.25) is 4.79 Å². The number of esters is 1. The molecule has 0 N–H and O–H groups in total. The second-order valence-electron chi connectivity index (χ2n) is 8.92. The van der Waals surface area contributed by atoms with Crippen LogP contribution in [0.2, 0.25) is 0 Å². The first kappa shape index (κ1) is 24.2. The summed E-state index contributed by atoms with van der Waals surface area (Å²) in [5.41, 5.74) is 4.39. The van der Waals surface area contributed by atoms with Crippen LogP contribution in [0.5, 0.6) is 0 Å². The highest BCUT2D eigenvalue weighted by atomic mass is 32.2. The van der Waals surface area contributed by atoms with Gasteiger partial charge in [0.15, 0.2) is 15.6 Å². The maximum absolute atomic E-state index is 12.6. The third-order valence-corrected chi connectivity index (χ3v) is 6.91. The Hall–Kier alpha value is -2.94. The van der Waals surface area contributed by atoms with Crippen molar-refractivity contribution in [2.24, 2.45) is 0 Å². The highest BCUT2D eigenvalue weighted by molar-refractivity contribution is 7.90. The molecule has 1 fully saturated rings. The first-order valence-electron chi connectivity index (χ1n) is 11.1. The lowest BCUT2D eigenvalue weighted by molar-refractivity contribution is -0.157. The molecule has 1 aliphatic heterocycles. The Bertz CT molecular complexity index is 1280. The van der Waals surface area contributed by atoms with Crippen LogP contribution in [0.4, 0.5) is 0 Å². The van der Waals surface area contributed by atoms with Crippen molar-refractivity contribution in [2.45, 2.75) is 44.0 Å². The largest absolute Gasteiger partial charge is 0.463 e. The van der Waals surface area contributed by atoms with Gasteiger partial charge in [0.2, 0.25) is 0 Å². The van der Waals surface area contributed by atoms with Crippen LogP contribution in [0.3, 0.4) is 0 Å². The lowest BCUT2D eigenvalue weighted by atomic mass is 10.1. The van der Waals surface area contributed by atoms with E-state index in [1.165, 1.54) is 6.26 Å². The first-order valence-corrected chi connectivity index (χ1v) is 13.0. The molecule has 1 unspecified atom stereocenters. The second-order valence-corrected chi connectivity index (χ2v) is 10.9. The van der Waals surface area contributed by atoms with E-state index >= 15 is 0 Å². The first-order chi connectivity index (χ1) is 16.0. The monoisotopic (exact) mass is 483 g/mol. The van der Waals surface area contributed by atoms with Crippen LogP contribution in [0, 0.1) is 6.92 Å². The number of hydrogen-bond donors (Lipinski definition) is 0. The average Bonchev–Trinajstić information content (AvgIpc) is 3.31. The van der Waals surface area contributed by atoms with Crippen molar-refractivity contribution in [1.29, 1.82) is 0 Å². The lowest BCUT2D eigenvalue weighted by Gasteiger charge is -2.17. The summed E-state index contributed by atoms with van der Waals surface area (Å²) in [6.45, 7) is 6.14. The molecule has 0 saturated carbocycles. The Labute approximate surface area is 200 Å². The third-order valence-electron chi connectivity index (χ3n) is 5.78. The van der Waals surface area contributed by atoms with Gasteiger partial charge in [-0.2, -0.15) is 0 Å². The molecule has 0 radical (unpaired) electrons. The van der Waals surface area contributed by atoms with E-state index in [9.17, 15) is 13.2 Å². The Balaban J connectivity index is 1.60. The fourth-order valence-electron chi connectivity index (χ4n) is 4.07. The Morgan fingerprint density at radius 3 is 2.38 bits per heavy atom. The van der Waals surface area contributed by atoms with Gasteiger partial charge >= 0.3 is 5.97 Å². The van der Waals surface area contributed by atoms with Gasteiger partial charge in [-0.1, -0.05) is 30.3 Å². The van der Waals surface area contributed by atoms with Gasteiger partial charge in [0.1, 0.15) is 12.7 Å². The molecule has 180 valence electrons. The molecule has 0 bridgehead atoms. The van der Waals surface area contributed by atoms with Gasteiger partial charge in [-0.05, 0) is 62.2 Å². The zero-order valence-corrected chi connectivity index (χ0v) is 20.6. The number of rotatable bonds is 7. The van der Waals surface area contributed by atoms with E-state index in [0.717, 1.165) is 28.2 Å². The average molecular weight is 484 g/mol. The number of sulfone groups is 1. The molecule has 1 atom stereocenters. The number of nitrogens with zero attached hydrogens (tertiary/aromatic N) is 1. The highest BCUT2D eigenvalue weighted by Gasteiger charge is 2.33. The van der Waals surface area contributed by atoms with Crippen LogP contribution in [-0.4, -0.2) is 50.3 Å². The molecular formula is C26H29NO6S. The summed E-state index contributed by atoms with van der Waals surface area (Å²) in [7, 11) is -3.29. The smallest absolute Gasteiger partial charge is 0.310 e. The summed E-state index contributed by atoms with van der Waals surface area (Å²) in [6.07, 6.45) is 1.02. The maximum atomic E-state index is 12.6. The quantitative estimate of drug-likeness (QED) is 0.471. The van der Waals surface area contributed by atoms with Crippen molar-refractivity contribution in [1.82, 2.24) is 4.57 Å². The molecular weight excluding hydrogens is 454 g/mol. The summed E-state index contributed by atoms with van der Waals surface area (Å²) in [5, 5.41) is 0. The molecule has 1 aliphatic rings. The minimum Gasteiger partial charge on any atom is -0.463 e. The summed E-state index contributed by atoms with van der Waals surface area (Å²) in [6, 6.07) is 18.5. The van der Waals surface area contributed by atoms with Gasteiger partial charge in [0.05, 0.1) is 23.6 Å². The molecule has 4 rings (SSSR count). The number of carbonyl (C=O) groups excluding carboxylic acids is 1. The number of benzene rings is 2. The Morgan fingerprint density at radius 1 is 1.12 bits per heavy atom. The van der Waals surface area contributed by atoms with Crippen LogP contribution >= 0.6 is 0 Å². The van der Waals surface area contributed by atoms with E-state index in [0.29, 0.717) is 6.61 Å². The number of ether oxygens (including phenoxy) is 3. The summed E-state index contributed by atoms with van der Waals surface area (Å²) >= 11 is 0. The van der Waals surface area contributed by atoms with Crippen molar-refractivity contribution >= 4 is 15.8 Å². The predicted molar refractivity (Wildman–Crippen MR) is 129 cm³/mol. The zero-order valence-electron chi connectivity index (χ0n) is 19.8. The molecule has 2 heterocycles. The van der Waals surface area contributed by atoms with Gasteiger partial charge in [-0.25, -0.2) is 8.42 Å². The molecule has 1 aromatic heterocycles. The van der Waals surface area contributed by atoms with Crippen LogP contribution < -0.4 is 0 Å². The molecule has 2 aromatic carbocycles. The standard InChI is InChI=1S/C26H29NO6S/c1-18-20(15-25(28)31-16-22-17-32-26(2,3)33-22)14-24(27(18)21-8-6-5-7-9-21)19-10-12-23(13-11-19)34(4,29)30/h5-14,22H,15-17H2,1-4H3. The van der Waals surface area contributed by atoms with Gasteiger partial charge in [0.25, 0.3) is 0 Å². The normalized spacial score (nSPS) is 17.6. The molecule has 0 amide bonds. The van der Waals surface area contributed by atoms with Gasteiger partial charge in [-0.15, -0.1) is 0 Å². The van der Waals surface area contributed by atoms with Crippen molar-refractivity contribution in [2.75, 3.05) is 19.5 Å². The molecule has 0 aliphatic carbocycles.